The van der Waals surface area contributed by atoms with Gasteiger partial charge in [-0.3, -0.25) is 4.79 Å². The molecular weight excluding hydrogens is 362 g/mol. The van der Waals surface area contributed by atoms with E-state index in [1.54, 1.807) is 6.92 Å². The summed E-state index contributed by atoms with van der Waals surface area (Å²) in [5, 5.41) is 9.21. The first-order chi connectivity index (χ1) is 12.3. The van der Waals surface area contributed by atoms with Crippen LogP contribution >= 0.6 is 0 Å². The number of esters is 1. The highest BCUT2D eigenvalue weighted by Crippen LogP contribution is 2.31. The van der Waals surface area contributed by atoms with Crippen molar-refractivity contribution in [3.63, 3.8) is 0 Å². The average molecular weight is 385 g/mol. The van der Waals surface area contributed by atoms with E-state index in [1.165, 1.54) is 18.2 Å². The molecule has 26 heavy (non-hydrogen) atoms. The van der Waals surface area contributed by atoms with Crippen LogP contribution in [0, 0.1) is 0 Å². The summed E-state index contributed by atoms with van der Waals surface area (Å²) in [5.41, 5.74) is 0.561. The van der Waals surface area contributed by atoms with E-state index in [1.807, 2.05) is 6.92 Å². The Morgan fingerprint density at radius 3 is 2.73 bits per heavy atom. The lowest BCUT2D eigenvalue weighted by Gasteiger charge is -2.14. The van der Waals surface area contributed by atoms with Gasteiger partial charge in [0.25, 0.3) is 0 Å². The quantitative estimate of drug-likeness (QED) is 0.618. The van der Waals surface area contributed by atoms with E-state index in [-0.39, 0.29) is 24.3 Å². The monoisotopic (exact) mass is 385 g/mol. The van der Waals surface area contributed by atoms with Gasteiger partial charge in [0, 0.05) is 6.42 Å². The van der Waals surface area contributed by atoms with Crippen LogP contribution in [0.4, 0.5) is 0 Å². The first-order valence-electron chi connectivity index (χ1n) is 8.49. The molecule has 0 aliphatic carbocycles. The lowest BCUT2D eigenvalue weighted by molar-refractivity contribution is -0.150. The zero-order valence-electron chi connectivity index (χ0n) is 14.7. The van der Waals surface area contributed by atoms with Gasteiger partial charge in [-0.2, -0.15) is 4.72 Å². The van der Waals surface area contributed by atoms with Crippen LogP contribution in [0.1, 0.15) is 38.7 Å². The highest BCUT2D eigenvalue weighted by Gasteiger charge is 2.32. The molecular formula is C17H23NO7S. The van der Waals surface area contributed by atoms with Crippen molar-refractivity contribution in [2.24, 2.45) is 0 Å². The molecule has 0 radical (unpaired) electrons. The summed E-state index contributed by atoms with van der Waals surface area (Å²) in [4.78, 5) is 23.0. The minimum Gasteiger partial charge on any atom is -0.480 e. The summed E-state index contributed by atoms with van der Waals surface area (Å²) >= 11 is 0. The molecule has 2 atom stereocenters. The zero-order chi connectivity index (χ0) is 19.3. The van der Waals surface area contributed by atoms with Gasteiger partial charge in [-0.1, -0.05) is 19.8 Å². The molecule has 1 aromatic carbocycles. The van der Waals surface area contributed by atoms with Gasteiger partial charge < -0.3 is 14.6 Å². The lowest BCUT2D eigenvalue weighted by atomic mass is 10.1. The molecule has 0 aromatic heterocycles. The molecule has 144 valence electrons. The highest BCUT2D eigenvalue weighted by molar-refractivity contribution is 7.89. The van der Waals surface area contributed by atoms with E-state index < -0.39 is 34.1 Å². The van der Waals surface area contributed by atoms with Crippen molar-refractivity contribution in [1.82, 2.24) is 4.72 Å². The molecule has 2 N–H and O–H groups in total. The molecule has 1 unspecified atom stereocenters. The molecule has 1 aliphatic heterocycles. The van der Waals surface area contributed by atoms with Crippen molar-refractivity contribution in [3.8, 4) is 5.75 Å². The molecule has 9 heteroatoms. The average Bonchev–Trinajstić information content (AvgIpc) is 3.02. The summed E-state index contributed by atoms with van der Waals surface area (Å²) in [6.07, 6.45) is 0.974. The van der Waals surface area contributed by atoms with Gasteiger partial charge in [-0.15, -0.1) is 0 Å². The van der Waals surface area contributed by atoms with E-state index in [9.17, 15) is 23.1 Å². The number of ether oxygens (including phenoxy) is 2. The molecule has 0 bridgehead atoms. The number of unbranched alkanes of at least 4 members (excludes halogenated alkanes) is 1. The van der Waals surface area contributed by atoms with Gasteiger partial charge in [0.05, 0.1) is 11.5 Å². The summed E-state index contributed by atoms with van der Waals surface area (Å²) < 4.78 is 37.7. The fourth-order valence-corrected chi connectivity index (χ4v) is 3.93. The third-order valence-corrected chi connectivity index (χ3v) is 5.48. The van der Waals surface area contributed by atoms with Gasteiger partial charge in [0.1, 0.15) is 11.8 Å². The van der Waals surface area contributed by atoms with Crippen molar-refractivity contribution in [2.45, 2.75) is 56.6 Å². The molecule has 1 heterocycles. The second-order valence-corrected chi connectivity index (χ2v) is 7.70. The van der Waals surface area contributed by atoms with Crippen LogP contribution < -0.4 is 9.46 Å². The standard InChI is InChI=1S/C17H23NO7S/c1-3-5-6-13(16(19)20)18-26(22,23)12-7-8-14-11(9-12)10-15(25-14)17(21)24-4-2/h7-9,13,15,18H,3-6,10H2,1-2H3,(H,19,20)/t13-,15?/m0/s1. The number of aliphatic carboxylic acids is 1. The third kappa shape index (κ3) is 4.73. The summed E-state index contributed by atoms with van der Waals surface area (Å²) in [5.74, 6) is -1.30. The van der Waals surface area contributed by atoms with E-state index in [0.29, 0.717) is 17.7 Å². The van der Waals surface area contributed by atoms with E-state index in [4.69, 9.17) is 9.47 Å². The van der Waals surface area contributed by atoms with Gasteiger partial charge in [0.2, 0.25) is 10.0 Å². The number of carbonyl (C=O) groups excluding carboxylic acids is 1. The number of carboxylic acids is 1. The largest absolute Gasteiger partial charge is 0.480 e. The first-order valence-corrected chi connectivity index (χ1v) is 9.98. The van der Waals surface area contributed by atoms with Crippen LogP contribution in [0.25, 0.3) is 0 Å². The maximum Gasteiger partial charge on any atom is 0.347 e. The number of nitrogens with one attached hydrogen (secondary N) is 1. The first kappa shape index (κ1) is 20.2. The molecule has 1 aliphatic rings. The Morgan fingerprint density at radius 2 is 2.12 bits per heavy atom. The molecule has 0 saturated heterocycles. The number of sulfonamides is 1. The Bertz CT molecular complexity index is 775. The van der Waals surface area contributed by atoms with Gasteiger partial charge in [-0.05, 0) is 37.1 Å². The summed E-state index contributed by atoms with van der Waals surface area (Å²) in [6, 6.07) is 3.00. The van der Waals surface area contributed by atoms with Crippen molar-refractivity contribution < 1.29 is 32.6 Å². The molecule has 0 spiro atoms. The van der Waals surface area contributed by atoms with Crippen molar-refractivity contribution in [2.75, 3.05) is 6.61 Å². The number of fused-ring (bicyclic) bond motifs is 1. The van der Waals surface area contributed by atoms with E-state index >= 15 is 0 Å². The third-order valence-electron chi connectivity index (χ3n) is 4.01. The molecule has 0 fully saturated rings. The fraction of sp³-hybridized carbons (Fsp3) is 0.529. The highest BCUT2D eigenvalue weighted by atomic mass is 32.2. The number of carboxylic acid groups (broad SMARTS) is 1. The normalized spacial score (nSPS) is 17.2. The fourth-order valence-electron chi connectivity index (χ4n) is 2.66. The molecule has 0 saturated carbocycles. The van der Waals surface area contributed by atoms with Crippen LogP contribution in [0.15, 0.2) is 23.1 Å². The summed E-state index contributed by atoms with van der Waals surface area (Å²) in [7, 11) is -4.01. The van der Waals surface area contributed by atoms with Crippen LogP contribution in [-0.2, 0) is 30.8 Å². The second kappa shape index (κ2) is 8.50. The Hall–Kier alpha value is -2.13. The number of hydrogen-bond donors (Lipinski definition) is 2. The minimum absolute atomic E-state index is 0.0629. The van der Waals surface area contributed by atoms with Crippen LogP contribution in [0.2, 0.25) is 0 Å². The molecule has 8 nitrogen and oxygen atoms in total. The smallest absolute Gasteiger partial charge is 0.347 e. The Kier molecular flexibility index (Phi) is 6.60. The van der Waals surface area contributed by atoms with Gasteiger partial charge in [-0.25, -0.2) is 13.2 Å². The van der Waals surface area contributed by atoms with Crippen LogP contribution in [-0.4, -0.2) is 44.2 Å². The van der Waals surface area contributed by atoms with Gasteiger partial charge >= 0.3 is 11.9 Å². The maximum absolute atomic E-state index is 12.5. The van der Waals surface area contributed by atoms with E-state index in [0.717, 1.165) is 6.42 Å². The van der Waals surface area contributed by atoms with Crippen LogP contribution in [0.3, 0.4) is 0 Å². The maximum atomic E-state index is 12.5. The van der Waals surface area contributed by atoms with Gasteiger partial charge in [0.15, 0.2) is 6.10 Å². The van der Waals surface area contributed by atoms with E-state index in [2.05, 4.69) is 4.72 Å². The predicted molar refractivity (Wildman–Crippen MR) is 92.5 cm³/mol. The number of carbonyl (C=O) groups is 2. The Labute approximate surface area is 152 Å². The topological polar surface area (TPSA) is 119 Å². The Morgan fingerprint density at radius 1 is 1.38 bits per heavy atom. The zero-order valence-corrected chi connectivity index (χ0v) is 15.5. The lowest BCUT2D eigenvalue weighted by Crippen LogP contribution is -2.40. The van der Waals surface area contributed by atoms with Crippen molar-refractivity contribution in [1.29, 1.82) is 0 Å². The number of benzene rings is 1. The number of hydrogen-bond acceptors (Lipinski definition) is 6. The van der Waals surface area contributed by atoms with Crippen molar-refractivity contribution in [3.05, 3.63) is 23.8 Å². The second-order valence-electron chi connectivity index (χ2n) is 5.99. The van der Waals surface area contributed by atoms with Crippen molar-refractivity contribution >= 4 is 22.0 Å². The molecule has 0 amide bonds. The number of rotatable bonds is 9. The molecule has 2 rings (SSSR count). The summed E-state index contributed by atoms with van der Waals surface area (Å²) in [6.45, 7) is 3.81. The van der Waals surface area contributed by atoms with Crippen LogP contribution in [0.5, 0.6) is 5.75 Å². The SMILES string of the molecule is CCCC[C@H](NS(=O)(=O)c1ccc2c(c1)CC(C(=O)OCC)O2)C(=O)O. The molecule has 1 aromatic rings. The Balaban J connectivity index is 2.16. The minimum atomic E-state index is -4.01. The predicted octanol–water partition coefficient (Wildman–Crippen LogP) is 1.47.